The van der Waals surface area contributed by atoms with E-state index >= 15 is 0 Å². The number of nitrogens with zero attached hydrogens (tertiary/aromatic N) is 2. The van der Waals surface area contributed by atoms with Gasteiger partial charge in [-0.2, -0.15) is 11.8 Å². The first-order valence-electron chi connectivity index (χ1n) is 6.40. The molecule has 1 N–H and O–H groups in total. The Hall–Kier alpha value is -0.480. The van der Waals surface area contributed by atoms with Crippen LogP contribution >= 0.6 is 23.4 Å². The van der Waals surface area contributed by atoms with Crippen LogP contribution in [0.25, 0.3) is 0 Å². The lowest BCUT2D eigenvalue weighted by atomic mass is 10.2. The highest BCUT2D eigenvalue weighted by atomic mass is 35.5. The van der Waals surface area contributed by atoms with Crippen LogP contribution in [0.1, 0.15) is 38.1 Å². The maximum absolute atomic E-state index is 6.16. The van der Waals surface area contributed by atoms with Crippen molar-refractivity contribution < 1.29 is 0 Å². The van der Waals surface area contributed by atoms with Gasteiger partial charge in [0.05, 0.1) is 0 Å². The molecule has 0 bridgehead atoms. The fraction of sp³-hybridized carbons (Fsp3) is 0.692. The number of nitrogens with one attached hydrogen (secondary N) is 1. The molecule has 0 aromatic carbocycles. The summed E-state index contributed by atoms with van der Waals surface area (Å²) in [5, 5.41) is 4.05. The summed E-state index contributed by atoms with van der Waals surface area (Å²) < 4.78 is 0. The maximum atomic E-state index is 6.16. The summed E-state index contributed by atoms with van der Waals surface area (Å²) in [5.74, 6) is 2.79. The van der Waals surface area contributed by atoms with Crippen molar-refractivity contribution in [2.75, 3.05) is 17.3 Å². The van der Waals surface area contributed by atoms with Gasteiger partial charge in [-0.15, -0.1) is 0 Å². The van der Waals surface area contributed by atoms with Crippen molar-refractivity contribution in [3.8, 4) is 0 Å². The minimum atomic E-state index is 0.430. The fourth-order valence-corrected chi connectivity index (χ4v) is 2.57. The van der Waals surface area contributed by atoms with Gasteiger partial charge in [0, 0.05) is 23.8 Å². The number of aryl methyl sites for hydroxylation is 1. The quantitative estimate of drug-likeness (QED) is 0.771. The molecule has 5 heteroatoms. The van der Waals surface area contributed by atoms with E-state index in [-0.39, 0.29) is 0 Å². The second kappa shape index (κ2) is 7.85. The lowest BCUT2D eigenvalue weighted by Crippen LogP contribution is -2.23. The molecule has 1 aromatic rings. The smallest absolute Gasteiger partial charge is 0.137 e. The summed E-state index contributed by atoms with van der Waals surface area (Å²) in [4.78, 5) is 8.89. The number of aromatic nitrogens is 2. The van der Waals surface area contributed by atoms with E-state index in [9.17, 15) is 0 Å². The van der Waals surface area contributed by atoms with Crippen LogP contribution in [0.2, 0.25) is 5.15 Å². The summed E-state index contributed by atoms with van der Waals surface area (Å²) in [6, 6.07) is 0.430. The molecule has 1 rings (SSSR count). The van der Waals surface area contributed by atoms with Crippen LogP contribution in [-0.4, -0.2) is 28.0 Å². The minimum Gasteiger partial charge on any atom is -0.366 e. The zero-order valence-electron chi connectivity index (χ0n) is 11.6. The molecule has 0 saturated carbocycles. The second-order valence-corrected chi connectivity index (χ2v) is 5.63. The van der Waals surface area contributed by atoms with E-state index in [1.54, 1.807) is 0 Å². The van der Waals surface area contributed by atoms with Crippen molar-refractivity contribution in [1.82, 2.24) is 9.97 Å². The Balaban J connectivity index is 2.91. The van der Waals surface area contributed by atoms with Crippen molar-refractivity contribution in [2.45, 2.75) is 46.1 Å². The molecule has 0 aliphatic carbocycles. The SMILES string of the molecule is CCCc1nc(Cl)c(C)c(NC(CC)CSC)n1. The van der Waals surface area contributed by atoms with E-state index in [0.717, 1.165) is 42.2 Å². The van der Waals surface area contributed by atoms with Gasteiger partial charge in [-0.05, 0) is 26.0 Å². The number of halogens is 1. The highest BCUT2D eigenvalue weighted by molar-refractivity contribution is 7.98. The van der Waals surface area contributed by atoms with E-state index in [0.29, 0.717) is 11.2 Å². The first-order chi connectivity index (χ1) is 8.62. The van der Waals surface area contributed by atoms with Gasteiger partial charge < -0.3 is 5.32 Å². The molecule has 0 amide bonds. The van der Waals surface area contributed by atoms with E-state index in [1.807, 2.05) is 18.7 Å². The van der Waals surface area contributed by atoms with Crippen molar-refractivity contribution in [2.24, 2.45) is 0 Å². The number of hydrogen-bond acceptors (Lipinski definition) is 4. The number of anilines is 1. The second-order valence-electron chi connectivity index (χ2n) is 4.36. The zero-order chi connectivity index (χ0) is 13.5. The Morgan fingerprint density at radius 2 is 2.06 bits per heavy atom. The normalized spacial score (nSPS) is 12.5. The summed E-state index contributed by atoms with van der Waals surface area (Å²) in [7, 11) is 0. The average molecular weight is 288 g/mol. The van der Waals surface area contributed by atoms with Gasteiger partial charge in [0.1, 0.15) is 16.8 Å². The Morgan fingerprint density at radius 3 is 2.61 bits per heavy atom. The summed E-state index contributed by atoms with van der Waals surface area (Å²) in [5.41, 5.74) is 0.941. The molecule has 1 unspecified atom stereocenters. The standard InChI is InChI=1S/C13H22ClN3S/c1-5-7-11-16-12(14)9(3)13(17-11)15-10(6-2)8-18-4/h10H,5-8H2,1-4H3,(H,15,16,17). The van der Waals surface area contributed by atoms with Gasteiger partial charge in [-0.25, -0.2) is 9.97 Å². The third-order valence-corrected chi connectivity index (χ3v) is 3.91. The van der Waals surface area contributed by atoms with E-state index in [2.05, 4.69) is 35.4 Å². The van der Waals surface area contributed by atoms with Crippen LogP contribution in [0.15, 0.2) is 0 Å². The van der Waals surface area contributed by atoms with E-state index in [1.165, 1.54) is 0 Å². The lowest BCUT2D eigenvalue weighted by Gasteiger charge is -2.18. The van der Waals surface area contributed by atoms with Crippen LogP contribution in [0.3, 0.4) is 0 Å². The van der Waals surface area contributed by atoms with Crippen LogP contribution in [0, 0.1) is 6.92 Å². The fourth-order valence-electron chi connectivity index (χ4n) is 1.66. The summed E-state index contributed by atoms with van der Waals surface area (Å²) in [6.45, 7) is 6.26. The predicted octanol–water partition coefficient (Wildman–Crippen LogP) is 3.94. The summed E-state index contributed by atoms with van der Waals surface area (Å²) in [6.07, 6.45) is 5.09. The van der Waals surface area contributed by atoms with Gasteiger partial charge in [-0.3, -0.25) is 0 Å². The first-order valence-corrected chi connectivity index (χ1v) is 8.18. The molecule has 1 atom stereocenters. The van der Waals surface area contributed by atoms with Crippen molar-refractivity contribution in [3.63, 3.8) is 0 Å². The van der Waals surface area contributed by atoms with Gasteiger partial charge in [-0.1, -0.05) is 25.4 Å². The Kier molecular flexibility index (Phi) is 6.79. The van der Waals surface area contributed by atoms with Gasteiger partial charge >= 0.3 is 0 Å². The van der Waals surface area contributed by atoms with Crippen LogP contribution in [0.5, 0.6) is 0 Å². The maximum Gasteiger partial charge on any atom is 0.137 e. The Labute approximate surface area is 119 Å². The molecule has 0 aliphatic rings. The third-order valence-electron chi connectivity index (χ3n) is 2.81. The molecule has 18 heavy (non-hydrogen) atoms. The van der Waals surface area contributed by atoms with E-state index in [4.69, 9.17) is 11.6 Å². The number of rotatable bonds is 7. The molecular weight excluding hydrogens is 266 g/mol. The summed E-state index contributed by atoms with van der Waals surface area (Å²) >= 11 is 8.00. The topological polar surface area (TPSA) is 37.8 Å². The Morgan fingerprint density at radius 1 is 1.33 bits per heavy atom. The van der Waals surface area contributed by atoms with Gasteiger partial charge in [0.25, 0.3) is 0 Å². The first kappa shape index (κ1) is 15.6. The Bertz CT molecular complexity index is 385. The largest absolute Gasteiger partial charge is 0.366 e. The van der Waals surface area contributed by atoms with E-state index < -0.39 is 0 Å². The third kappa shape index (κ3) is 4.32. The lowest BCUT2D eigenvalue weighted by molar-refractivity contribution is 0.759. The van der Waals surface area contributed by atoms with Crippen LogP contribution in [-0.2, 0) is 6.42 Å². The van der Waals surface area contributed by atoms with Crippen LogP contribution in [0.4, 0.5) is 5.82 Å². The molecule has 3 nitrogen and oxygen atoms in total. The molecule has 1 aromatic heterocycles. The minimum absolute atomic E-state index is 0.430. The highest BCUT2D eigenvalue weighted by Gasteiger charge is 2.12. The molecular formula is C13H22ClN3S. The molecule has 1 heterocycles. The molecule has 0 saturated heterocycles. The average Bonchev–Trinajstić information content (AvgIpc) is 2.35. The predicted molar refractivity (Wildman–Crippen MR) is 81.9 cm³/mol. The highest BCUT2D eigenvalue weighted by Crippen LogP contribution is 2.22. The van der Waals surface area contributed by atoms with Crippen molar-refractivity contribution in [3.05, 3.63) is 16.5 Å². The molecule has 0 fully saturated rings. The van der Waals surface area contributed by atoms with Crippen molar-refractivity contribution in [1.29, 1.82) is 0 Å². The molecule has 0 spiro atoms. The van der Waals surface area contributed by atoms with Gasteiger partial charge in [0.15, 0.2) is 0 Å². The monoisotopic (exact) mass is 287 g/mol. The van der Waals surface area contributed by atoms with Crippen molar-refractivity contribution >= 4 is 29.2 Å². The van der Waals surface area contributed by atoms with Gasteiger partial charge in [0.2, 0.25) is 0 Å². The molecule has 102 valence electrons. The zero-order valence-corrected chi connectivity index (χ0v) is 13.2. The number of thioether (sulfide) groups is 1. The molecule has 0 aliphatic heterocycles. The van der Waals surface area contributed by atoms with Crippen LogP contribution < -0.4 is 5.32 Å². The number of hydrogen-bond donors (Lipinski definition) is 1. The molecule has 0 radical (unpaired) electrons.